The Bertz CT molecular complexity index is 788. The molecule has 0 atom stereocenters. The van der Waals surface area contributed by atoms with Crippen molar-refractivity contribution < 1.29 is 9.53 Å². The van der Waals surface area contributed by atoms with Crippen LogP contribution in [0.25, 0.3) is 17.2 Å². The maximum Gasteiger partial charge on any atom is 0.336 e. The Morgan fingerprint density at radius 1 is 0.696 bits per heavy atom. The first-order valence-corrected chi connectivity index (χ1v) is 7.42. The molecule has 0 aliphatic rings. The van der Waals surface area contributed by atoms with Crippen LogP contribution in [-0.2, 0) is 4.79 Å². The second-order valence-electron chi connectivity index (χ2n) is 5.06. The highest BCUT2D eigenvalue weighted by molar-refractivity contribution is 5.88. The summed E-state index contributed by atoms with van der Waals surface area (Å²) >= 11 is 0. The molecule has 23 heavy (non-hydrogen) atoms. The Kier molecular flexibility index (Phi) is 4.65. The van der Waals surface area contributed by atoms with Crippen molar-refractivity contribution in [2.75, 3.05) is 0 Å². The van der Waals surface area contributed by atoms with Crippen molar-refractivity contribution in [2.45, 2.75) is 0 Å². The van der Waals surface area contributed by atoms with Gasteiger partial charge in [-0.05, 0) is 34.9 Å². The number of esters is 1. The van der Waals surface area contributed by atoms with E-state index in [0.29, 0.717) is 5.75 Å². The quantitative estimate of drug-likeness (QED) is 0.386. The van der Waals surface area contributed by atoms with Crippen LogP contribution in [0.3, 0.4) is 0 Å². The topological polar surface area (TPSA) is 26.3 Å². The third-order valence-electron chi connectivity index (χ3n) is 3.39. The van der Waals surface area contributed by atoms with Gasteiger partial charge in [-0.3, -0.25) is 0 Å². The number of hydrogen-bond acceptors (Lipinski definition) is 2. The van der Waals surface area contributed by atoms with Crippen LogP contribution in [0.1, 0.15) is 5.56 Å². The molecule has 0 fully saturated rings. The van der Waals surface area contributed by atoms with E-state index in [2.05, 4.69) is 12.1 Å². The molecule has 0 N–H and O–H groups in total. The van der Waals surface area contributed by atoms with Gasteiger partial charge in [0.2, 0.25) is 0 Å². The van der Waals surface area contributed by atoms with E-state index in [1.807, 2.05) is 60.7 Å². The molecule has 0 aromatic heterocycles. The van der Waals surface area contributed by atoms with E-state index < -0.39 is 0 Å². The number of ether oxygens (including phenoxy) is 1. The van der Waals surface area contributed by atoms with Crippen molar-refractivity contribution in [1.82, 2.24) is 0 Å². The van der Waals surface area contributed by atoms with Crippen molar-refractivity contribution in [1.29, 1.82) is 0 Å². The van der Waals surface area contributed by atoms with Crippen LogP contribution in [0.15, 0.2) is 91.0 Å². The molecule has 0 saturated heterocycles. The van der Waals surface area contributed by atoms with Crippen molar-refractivity contribution in [3.63, 3.8) is 0 Å². The van der Waals surface area contributed by atoms with Crippen LogP contribution < -0.4 is 4.74 Å². The van der Waals surface area contributed by atoms with Gasteiger partial charge in [-0.2, -0.15) is 0 Å². The average Bonchev–Trinajstić information content (AvgIpc) is 2.62. The van der Waals surface area contributed by atoms with Gasteiger partial charge in [0.1, 0.15) is 5.75 Å². The highest BCUT2D eigenvalue weighted by Gasteiger charge is 2.00. The zero-order valence-electron chi connectivity index (χ0n) is 12.6. The Labute approximate surface area is 135 Å². The lowest BCUT2D eigenvalue weighted by molar-refractivity contribution is -0.128. The van der Waals surface area contributed by atoms with Crippen molar-refractivity contribution in [2.24, 2.45) is 0 Å². The highest BCUT2D eigenvalue weighted by atomic mass is 16.5. The number of carbonyl (C=O) groups excluding carboxylic acids is 1. The molecule has 0 saturated carbocycles. The minimum atomic E-state index is -0.386. The minimum absolute atomic E-state index is 0.386. The lowest BCUT2D eigenvalue weighted by Crippen LogP contribution is -2.03. The molecule has 2 nitrogen and oxygen atoms in total. The van der Waals surface area contributed by atoms with Gasteiger partial charge in [0, 0.05) is 6.08 Å². The third kappa shape index (κ3) is 4.17. The zero-order valence-corrected chi connectivity index (χ0v) is 12.6. The summed E-state index contributed by atoms with van der Waals surface area (Å²) in [5.74, 6) is 0.157. The van der Waals surface area contributed by atoms with Crippen LogP contribution in [0.4, 0.5) is 0 Å². The Balaban J connectivity index is 1.65. The van der Waals surface area contributed by atoms with Gasteiger partial charge in [0.05, 0.1) is 0 Å². The standard InChI is InChI=1S/C21H16O2/c22-21(23-20-9-5-2-6-10-20)16-13-17-11-14-19(15-12-17)18-7-3-1-4-8-18/h1-16H. The van der Waals surface area contributed by atoms with E-state index >= 15 is 0 Å². The van der Waals surface area contributed by atoms with Gasteiger partial charge >= 0.3 is 5.97 Å². The van der Waals surface area contributed by atoms with E-state index in [1.54, 1.807) is 18.2 Å². The molecule has 0 aliphatic carbocycles. The summed E-state index contributed by atoms with van der Waals surface area (Å²) in [5, 5.41) is 0. The van der Waals surface area contributed by atoms with Gasteiger partial charge < -0.3 is 4.74 Å². The molecular weight excluding hydrogens is 284 g/mol. The number of rotatable bonds is 4. The van der Waals surface area contributed by atoms with E-state index in [1.165, 1.54) is 11.6 Å². The number of benzene rings is 3. The van der Waals surface area contributed by atoms with E-state index in [9.17, 15) is 4.79 Å². The molecule has 0 radical (unpaired) electrons. The van der Waals surface area contributed by atoms with E-state index in [4.69, 9.17) is 4.74 Å². The van der Waals surface area contributed by atoms with Crippen molar-refractivity contribution in [3.05, 3.63) is 96.6 Å². The number of carbonyl (C=O) groups is 1. The lowest BCUT2D eigenvalue weighted by atomic mass is 10.0. The summed E-state index contributed by atoms with van der Waals surface area (Å²) in [6, 6.07) is 27.2. The molecular formula is C21H16O2. The van der Waals surface area contributed by atoms with E-state index in [0.717, 1.165) is 11.1 Å². The van der Waals surface area contributed by atoms with Crippen LogP contribution in [-0.4, -0.2) is 5.97 Å². The Hall–Kier alpha value is -3.13. The van der Waals surface area contributed by atoms with Crippen molar-refractivity contribution in [3.8, 4) is 16.9 Å². The zero-order chi connectivity index (χ0) is 15.9. The normalized spacial score (nSPS) is 10.6. The monoisotopic (exact) mass is 300 g/mol. The number of hydrogen-bond donors (Lipinski definition) is 0. The smallest absolute Gasteiger partial charge is 0.336 e. The summed E-state index contributed by atoms with van der Waals surface area (Å²) in [4.78, 5) is 11.8. The molecule has 0 amide bonds. The maximum atomic E-state index is 11.8. The highest BCUT2D eigenvalue weighted by Crippen LogP contribution is 2.19. The summed E-state index contributed by atoms with van der Waals surface area (Å²) in [5.41, 5.74) is 3.27. The Morgan fingerprint density at radius 3 is 1.91 bits per heavy atom. The molecule has 2 heteroatoms. The second-order valence-corrected chi connectivity index (χ2v) is 5.06. The molecule has 0 unspecified atom stereocenters. The van der Waals surface area contributed by atoms with Crippen LogP contribution >= 0.6 is 0 Å². The summed E-state index contributed by atoms with van der Waals surface area (Å²) in [7, 11) is 0. The molecule has 3 rings (SSSR count). The predicted molar refractivity (Wildman–Crippen MR) is 93.0 cm³/mol. The molecule has 3 aromatic carbocycles. The molecule has 3 aromatic rings. The van der Waals surface area contributed by atoms with Gasteiger partial charge in [0.15, 0.2) is 0 Å². The first-order valence-electron chi connectivity index (χ1n) is 7.42. The van der Waals surface area contributed by atoms with Crippen molar-refractivity contribution >= 4 is 12.0 Å². The number of para-hydroxylation sites is 1. The predicted octanol–water partition coefficient (Wildman–Crippen LogP) is 4.97. The second kappa shape index (κ2) is 7.23. The fourth-order valence-electron chi connectivity index (χ4n) is 2.22. The maximum absolute atomic E-state index is 11.8. The van der Waals surface area contributed by atoms with Crippen LogP contribution in [0, 0.1) is 0 Å². The fraction of sp³-hybridized carbons (Fsp3) is 0. The van der Waals surface area contributed by atoms with Gasteiger partial charge in [-0.15, -0.1) is 0 Å². The SMILES string of the molecule is O=C(C=Cc1ccc(-c2ccccc2)cc1)Oc1ccccc1. The summed E-state index contributed by atoms with van der Waals surface area (Å²) in [6.45, 7) is 0. The molecule has 112 valence electrons. The van der Waals surface area contributed by atoms with Crippen LogP contribution in [0.2, 0.25) is 0 Å². The largest absolute Gasteiger partial charge is 0.423 e. The first kappa shape index (κ1) is 14.8. The fourth-order valence-corrected chi connectivity index (χ4v) is 2.22. The van der Waals surface area contributed by atoms with Crippen LogP contribution in [0.5, 0.6) is 5.75 Å². The summed E-state index contributed by atoms with van der Waals surface area (Å²) in [6.07, 6.45) is 3.19. The summed E-state index contributed by atoms with van der Waals surface area (Å²) < 4.78 is 5.20. The Morgan fingerprint density at radius 2 is 1.26 bits per heavy atom. The molecule has 0 aliphatic heterocycles. The lowest BCUT2D eigenvalue weighted by Gasteiger charge is -2.02. The molecule has 0 spiro atoms. The average molecular weight is 300 g/mol. The first-order chi connectivity index (χ1) is 11.3. The van der Waals surface area contributed by atoms with E-state index in [-0.39, 0.29) is 5.97 Å². The van der Waals surface area contributed by atoms with Gasteiger partial charge in [-0.25, -0.2) is 4.79 Å². The van der Waals surface area contributed by atoms with Gasteiger partial charge in [0.25, 0.3) is 0 Å². The third-order valence-corrected chi connectivity index (χ3v) is 3.39. The molecule has 0 bridgehead atoms. The molecule has 0 heterocycles. The van der Waals surface area contributed by atoms with Gasteiger partial charge in [-0.1, -0.05) is 72.8 Å². The minimum Gasteiger partial charge on any atom is -0.423 e.